The predicted molar refractivity (Wildman–Crippen MR) is 173 cm³/mol. The molecule has 0 spiro atoms. The van der Waals surface area contributed by atoms with Crippen molar-refractivity contribution in [1.29, 1.82) is 0 Å². The van der Waals surface area contributed by atoms with E-state index in [0.717, 1.165) is 35.8 Å². The van der Waals surface area contributed by atoms with E-state index in [1.54, 1.807) is 24.2 Å². The maximum atomic E-state index is 12.6. The Morgan fingerprint density at radius 3 is 2.50 bits per heavy atom. The molecule has 2 rings (SSSR count). The number of rotatable bonds is 12. The molecule has 1 aromatic heterocycles. The Balaban J connectivity index is 1.99. The van der Waals surface area contributed by atoms with Crippen LogP contribution in [0, 0.1) is 23.7 Å². The highest BCUT2D eigenvalue weighted by molar-refractivity contribution is 8.14. The molecule has 1 aromatic carbocycles. The number of hydrogen-bond donors (Lipinski definition) is 1. The number of amides is 1. The van der Waals surface area contributed by atoms with Gasteiger partial charge in [-0.1, -0.05) is 66.9 Å². The predicted octanol–water partition coefficient (Wildman–Crippen LogP) is 6.34. The van der Waals surface area contributed by atoms with E-state index in [9.17, 15) is 4.79 Å². The van der Waals surface area contributed by atoms with Gasteiger partial charge in [-0.05, 0) is 52.8 Å². The highest BCUT2D eigenvalue weighted by atomic mass is 32.2. The minimum Gasteiger partial charge on any atom is -0.355 e. The molecule has 1 unspecified atom stereocenters. The number of carbonyl (C=O) groups excluding carboxylic acids is 1. The van der Waals surface area contributed by atoms with Gasteiger partial charge in [0, 0.05) is 44.6 Å². The summed E-state index contributed by atoms with van der Waals surface area (Å²) in [7, 11) is 3.60. The average Bonchev–Trinajstić information content (AvgIpc) is 3.25. The van der Waals surface area contributed by atoms with Gasteiger partial charge in [0.1, 0.15) is 12.2 Å². The van der Waals surface area contributed by atoms with Gasteiger partial charge >= 0.3 is 0 Å². The Bertz CT molecular complexity index is 1220. The van der Waals surface area contributed by atoms with Crippen LogP contribution in [0.4, 0.5) is 0 Å². The van der Waals surface area contributed by atoms with Crippen molar-refractivity contribution in [2.45, 2.75) is 86.1 Å². The first-order chi connectivity index (χ1) is 18.8. The average molecular weight is 564 g/mol. The summed E-state index contributed by atoms with van der Waals surface area (Å²) in [6, 6.07) is 6.99. The summed E-state index contributed by atoms with van der Waals surface area (Å²) in [5.74, 6) is 4.02. The van der Waals surface area contributed by atoms with Gasteiger partial charge in [0.15, 0.2) is 0 Å². The molecule has 1 N–H and O–H groups in total. The zero-order chi connectivity index (χ0) is 29.9. The molecule has 0 aliphatic rings. The molecule has 0 saturated heterocycles. The van der Waals surface area contributed by atoms with Gasteiger partial charge in [-0.25, -0.2) is 4.98 Å². The molecule has 0 aliphatic carbocycles. The molecule has 0 aliphatic heterocycles. The lowest BCUT2D eigenvalue weighted by Crippen LogP contribution is -2.30. The van der Waals surface area contributed by atoms with Crippen molar-refractivity contribution in [2.75, 3.05) is 26.4 Å². The van der Waals surface area contributed by atoms with Crippen LogP contribution in [0.5, 0.6) is 0 Å². The molecule has 6 nitrogen and oxygen atoms in total. The zero-order valence-corrected chi connectivity index (χ0v) is 26.9. The quantitative estimate of drug-likeness (QED) is 0.186. The maximum Gasteiger partial charge on any atom is 0.240 e. The number of thioether (sulfide) groups is 1. The van der Waals surface area contributed by atoms with E-state index in [1.807, 2.05) is 18.8 Å². The maximum absolute atomic E-state index is 12.6. The van der Waals surface area contributed by atoms with Crippen LogP contribution in [-0.2, 0) is 29.6 Å². The van der Waals surface area contributed by atoms with Crippen LogP contribution in [0.2, 0.25) is 0 Å². The largest absolute Gasteiger partial charge is 0.355 e. The number of aromatic nitrogens is 2. The minimum atomic E-state index is -0.0618. The van der Waals surface area contributed by atoms with Crippen LogP contribution >= 0.6 is 11.8 Å². The van der Waals surface area contributed by atoms with Gasteiger partial charge in [0.05, 0.1) is 17.1 Å². The van der Waals surface area contributed by atoms with Crippen molar-refractivity contribution in [2.24, 2.45) is 21.3 Å². The number of hydrogen-bond acceptors (Lipinski definition) is 5. The first-order valence-corrected chi connectivity index (χ1v) is 15.2. The smallest absolute Gasteiger partial charge is 0.240 e. The molecule has 0 bridgehead atoms. The Morgan fingerprint density at radius 2 is 1.93 bits per heavy atom. The van der Waals surface area contributed by atoms with Crippen LogP contribution < -0.4 is 5.32 Å². The van der Waals surface area contributed by atoms with Crippen molar-refractivity contribution >= 4 is 28.9 Å². The Labute approximate surface area is 247 Å². The van der Waals surface area contributed by atoms with Crippen LogP contribution in [0.1, 0.15) is 89.4 Å². The highest BCUT2D eigenvalue weighted by Crippen LogP contribution is 2.30. The van der Waals surface area contributed by atoms with E-state index < -0.39 is 0 Å². The first kappa shape index (κ1) is 33.4. The third-order valence-corrected chi connectivity index (χ3v) is 8.11. The molecule has 1 heterocycles. The van der Waals surface area contributed by atoms with Crippen molar-refractivity contribution < 1.29 is 4.79 Å². The number of nitrogens with zero attached hydrogens (tertiary/aromatic N) is 4. The van der Waals surface area contributed by atoms with E-state index in [1.165, 1.54) is 16.7 Å². The topological polar surface area (TPSA) is 71.6 Å². The second-order valence-electron chi connectivity index (χ2n) is 12.6. The molecule has 40 heavy (non-hydrogen) atoms. The summed E-state index contributed by atoms with van der Waals surface area (Å²) in [5.41, 5.74) is 5.59. The van der Waals surface area contributed by atoms with Gasteiger partial charge in [-0.3, -0.25) is 9.79 Å². The Morgan fingerprint density at radius 1 is 1.20 bits per heavy atom. The second kappa shape index (κ2) is 15.2. The fourth-order valence-corrected chi connectivity index (χ4v) is 5.72. The lowest BCUT2D eigenvalue weighted by Gasteiger charge is -2.24. The highest BCUT2D eigenvalue weighted by Gasteiger charge is 2.20. The summed E-state index contributed by atoms with van der Waals surface area (Å²) < 4.78 is 1.73. The fourth-order valence-electron chi connectivity index (χ4n) is 4.51. The van der Waals surface area contributed by atoms with E-state index in [2.05, 4.69) is 87.9 Å². The van der Waals surface area contributed by atoms with Crippen LogP contribution in [0.25, 0.3) is 0 Å². The summed E-state index contributed by atoms with van der Waals surface area (Å²) in [5, 5.41) is 4.14. The van der Waals surface area contributed by atoms with Crippen molar-refractivity contribution in [1.82, 2.24) is 14.9 Å². The van der Waals surface area contributed by atoms with E-state index in [0.29, 0.717) is 24.6 Å². The van der Waals surface area contributed by atoms with E-state index >= 15 is 0 Å². The molecule has 1 amide bonds. The summed E-state index contributed by atoms with van der Waals surface area (Å²) >= 11 is 1.82. The summed E-state index contributed by atoms with van der Waals surface area (Å²) in [6.07, 6.45) is 12.6. The molecular formula is C33H49N5OS. The van der Waals surface area contributed by atoms with Crippen molar-refractivity contribution in [3.63, 3.8) is 0 Å². The van der Waals surface area contributed by atoms with Crippen molar-refractivity contribution in [3.05, 3.63) is 52.6 Å². The molecule has 0 radical (unpaired) electrons. The standard InChI is InChI=1S/C33H49N5OS/c1-11-24(13-16-36-30(39)21-38-23-37-28(14-15-34-9)29(38)12-2)22-40-31(35-10)26-17-25(20-32(3,4)5)18-27(19-26)33(6,7)8/h2,15,17-19,23-24H,11,13-14,16,20-22H2,1,3-10H3,(H,36,39). The number of terminal acetylenes is 1. The third kappa shape index (κ3) is 10.6. The van der Waals surface area contributed by atoms with Gasteiger partial charge in [0.25, 0.3) is 0 Å². The van der Waals surface area contributed by atoms with Gasteiger partial charge < -0.3 is 14.9 Å². The van der Waals surface area contributed by atoms with Crippen molar-refractivity contribution in [3.8, 4) is 12.3 Å². The Hall–Kier alpha value is -2.85. The zero-order valence-electron chi connectivity index (χ0n) is 26.1. The summed E-state index contributed by atoms with van der Waals surface area (Å²) in [4.78, 5) is 25.7. The first-order valence-electron chi connectivity index (χ1n) is 14.2. The Kier molecular flexibility index (Phi) is 12.7. The molecule has 0 fully saturated rings. The molecule has 0 saturated carbocycles. The SMILES string of the molecule is C#Cc1c(CC=NC)ncn1CC(=O)NCCC(CC)CSC(=NC)c1cc(CC(C)(C)C)cc(C(C)(C)C)c1. The van der Waals surface area contributed by atoms with Crippen LogP contribution in [-0.4, -0.2) is 53.1 Å². The van der Waals surface area contributed by atoms with Gasteiger partial charge in [-0.15, -0.1) is 18.2 Å². The fraction of sp³-hybridized carbons (Fsp3) is 0.576. The van der Waals surface area contributed by atoms with Gasteiger partial charge in [0.2, 0.25) is 5.91 Å². The molecule has 218 valence electrons. The van der Waals surface area contributed by atoms with Crippen LogP contribution in [0.15, 0.2) is 34.5 Å². The van der Waals surface area contributed by atoms with Crippen LogP contribution in [0.3, 0.4) is 0 Å². The number of benzene rings is 1. The second-order valence-corrected chi connectivity index (χ2v) is 13.6. The minimum absolute atomic E-state index is 0.0618. The molecular weight excluding hydrogens is 514 g/mol. The lowest BCUT2D eigenvalue weighted by atomic mass is 9.82. The molecule has 2 aromatic rings. The summed E-state index contributed by atoms with van der Waals surface area (Å²) in [6.45, 7) is 16.7. The monoisotopic (exact) mass is 563 g/mol. The number of nitrogens with one attached hydrogen (secondary N) is 1. The molecule has 7 heteroatoms. The normalized spacial score (nSPS) is 13.4. The van der Waals surface area contributed by atoms with E-state index in [-0.39, 0.29) is 23.3 Å². The lowest BCUT2D eigenvalue weighted by molar-refractivity contribution is -0.121. The van der Waals surface area contributed by atoms with Gasteiger partial charge in [-0.2, -0.15) is 0 Å². The van der Waals surface area contributed by atoms with E-state index in [4.69, 9.17) is 11.4 Å². The number of aliphatic imine (C=N–C) groups is 2. The number of imidazole rings is 1. The molecule has 1 atom stereocenters. The third-order valence-electron chi connectivity index (χ3n) is 6.78. The number of carbonyl (C=O) groups is 1.